The van der Waals surface area contributed by atoms with E-state index < -0.39 is 0 Å². The third-order valence-electron chi connectivity index (χ3n) is 4.98. The number of rotatable bonds is 6. The molecular weight excluding hydrogens is 344 g/mol. The SMILES string of the molecule is COc1cccc(C(=O)N2CC[NH+](Cc3ccc(OC)c(OC)c3)CC2)c1. The number of nitrogens with zero attached hydrogens (tertiary/aromatic N) is 1. The van der Waals surface area contributed by atoms with Gasteiger partial charge >= 0.3 is 0 Å². The van der Waals surface area contributed by atoms with Gasteiger partial charge < -0.3 is 24.0 Å². The van der Waals surface area contributed by atoms with Gasteiger partial charge in [-0.25, -0.2) is 0 Å². The van der Waals surface area contributed by atoms with Crippen molar-refractivity contribution in [3.05, 3.63) is 53.6 Å². The highest BCUT2D eigenvalue weighted by Crippen LogP contribution is 2.27. The first-order valence-corrected chi connectivity index (χ1v) is 9.12. The predicted molar refractivity (Wildman–Crippen MR) is 103 cm³/mol. The Morgan fingerprint density at radius 3 is 2.37 bits per heavy atom. The van der Waals surface area contributed by atoms with Gasteiger partial charge in [0.25, 0.3) is 5.91 Å². The van der Waals surface area contributed by atoms with Crippen molar-refractivity contribution >= 4 is 5.91 Å². The number of quaternary nitrogens is 1. The summed E-state index contributed by atoms with van der Waals surface area (Å²) in [6.45, 7) is 4.24. The first kappa shape index (κ1) is 19.0. The molecule has 1 aliphatic heterocycles. The topological polar surface area (TPSA) is 52.4 Å². The minimum atomic E-state index is 0.0686. The van der Waals surface area contributed by atoms with Gasteiger partial charge in [-0.2, -0.15) is 0 Å². The number of carbonyl (C=O) groups excluding carboxylic acids is 1. The molecule has 0 bridgehead atoms. The van der Waals surface area contributed by atoms with E-state index in [1.807, 2.05) is 35.2 Å². The summed E-state index contributed by atoms with van der Waals surface area (Å²) in [5.74, 6) is 2.27. The van der Waals surface area contributed by atoms with E-state index in [1.54, 1.807) is 27.4 Å². The van der Waals surface area contributed by atoms with Crippen molar-refractivity contribution in [2.75, 3.05) is 47.5 Å². The van der Waals surface area contributed by atoms with Crippen molar-refractivity contribution in [1.29, 1.82) is 0 Å². The minimum absolute atomic E-state index is 0.0686. The molecule has 0 aliphatic carbocycles. The molecule has 0 unspecified atom stereocenters. The normalized spacial score (nSPS) is 14.7. The van der Waals surface area contributed by atoms with Gasteiger partial charge in [-0.1, -0.05) is 6.07 Å². The van der Waals surface area contributed by atoms with Crippen molar-refractivity contribution in [3.63, 3.8) is 0 Å². The zero-order chi connectivity index (χ0) is 19.2. The van der Waals surface area contributed by atoms with E-state index in [4.69, 9.17) is 14.2 Å². The maximum Gasteiger partial charge on any atom is 0.254 e. The van der Waals surface area contributed by atoms with Crippen molar-refractivity contribution in [3.8, 4) is 17.2 Å². The van der Waals surface area contributed by atoms with Gasteiger partial charge in [0, 0.05) is 11.1 Å². The second-order valence-corrected chi connectivity index (χ2v) is 6.64. The van der Waals surface area contributed by atoms with E-state index in [0.29, 0.717) is 11.3 Å². The fourth-order valence-electron chi connectivity index (χ4n) is 3.42. The zero-order valence-electron chi connectivity index (χ0n) is 16.2. The van der Waals surface area contributed by atoms with Crippen LogP contribution in [0.4, 0.5) is 0 Å². The molecular formula is C21H27N2O4+. The fourth-order valence-corrected chi connectivity index (χ4v) is 3.42. The molecule has 0 saturated carbocycles. The molecule has 1 heterocycles. The van der Waals surface area contributed by atoms with Crippen LogP contribution in [0.2, 0.25) is 0 Å². The lowest BCUT2D eigenvalue weighted by atomic mass is 10.1. The lowest BCUT2D eigenvalue weighted by molar-refractivity contribution is -0.917. The Morgan fingerprint density at radius 2 is 1.70 bits per heavy atom. The average molecular weight is 371 g/mol. The molecule has 0 atom stereocenters. The number of hydrogen-bond acceptors (Lipinski definition) is 4. The molecule has 1 N–H and O–H groups in total. The molecule has 2 aromatic rings. The molecule has 1 saturated heterocycles. The highest BCUT2D eigenvalue weighted by Gasteiger charge is 2.25. The predicted octanol–water partition coefficient (Wildman–Crippen LogP) is 1.25. The maximum atomic E-state index is 12.7. The lowest BCUT2D eigenvalue weighted by Crippen LogP contribution is -3.13. The molecule has 1 aliphatic rings. The van der Waals surface area contributed by atoms with E-state index in [1.165, 1.54) is 10.5 Å². The Kier molecular flexibility index (Phi) is 6.19. The summed E-state index contributed by atoms with van der Waals surface area (Å²) >= 11 is 0. The van der Waals surface area contributed by atoms with Gasteiger partial charge in [0.05, 0.1) is 47.5 Å². The Morgan fingerprint density at radius 1 is 0.963 bits per heavy atom. The summed E-state index contributed by atoms with van der Waals surface area (Å²) in [4.78, 5) is 16.1. The van der Waals surface area contributed by atoms with Crippen molar-refractivity contribution in [2.24, 2.45) is 0 Å². The molecule has 6 heteroatoms. The highest BCUT2D eigenvalue weighted by atomic mass is 16.5. The number of methoxy groups -OCH3 is 3. The number of piperazine rings is 1. The summed E-state index contributed by atoms with van der Waals surface area (Å²) in [5, 5.41) is 0. The third-order valence-corrected chi connectivity index (χ3v) is 4.98. The zero-order valence-corrected chi connectivity index (χ0v) is 16.2. The number of ether oxygens (including phenoxy) is 3. The van der Waals surface area contributed by atoms with Gasteiger partial charge in [0.2, 0.25) is 0 Å². The standard InChI is InChI=1S/C21H26N2O4/c1-25-18-6-4-5-17(14-18)21(24)23-11-9-22(10-12-23)15-16-7-8-19(26-2)20(13-16)27-3/h4-8,13-14H,9-12,15H2,1-3H3/p+1. The number of hydrogen-bond donors (Lipinski definition) is 1. The number of benzene rings is 2. The van der Waals surface area contributed by atoms with Gasteiger partial charge in [0.1, 0.15) is 12.3 Å². The van der Waals surface area contributed by atoms with E-state index in [9.17, 15) is 4.79 Å². The molecule has 3 rings (SSSR count). The van der Waals surface area contributed by atoms with Crippen LogP contribution in [0.15, 0.2) is 42.5 Å². The summed E-state index contributed by atoms with van der Waals surface area (Å²) in [7, 11) is 4.90. The van der Waals surface area contributed by atoms with E-state index in [-0.39, 0.29) is 5.91 Å². The molecule has 0 aromatic heterocycles. The highest BCUT2D eigenvalue weighted by molar-refractivity contribution is 5.94. The number of carbonyl (C=O) groups is 1. The smallest absolute Gasteiger partial charge is 0.254 e. The van der Waals surface area contributed by atoms with Crippen LogP contribution in [0.3, 0.4) is 0 Å². The van der Waals surface area contributed by atoms with Gasteiger partial charge in [-0.3, -0.25) is 4.79 Å². The minimum Gasteiger partial charge on any atom is -0.497 e. The van der Waals surface area contributed by atoms with Crippen LogP contribution in [0.25, 0.3) is 0 Å². The molecule has 0 radical (unpaired) electrons. The molecule has 0 spiro atoms. The molecule has 6 nitrogen and oxygen atoms in total. The Labute approximate surface area is 160 Å². The van der Waals surface area contributed by atoms with Crippen LogP contribution in [-0.2, 0) is 6.54 Å². The molecule has 144 valence electrons. The largest absolute Gasteiger partial charge is 0.497 e. The van der Waals surface area contributed by atoms with E-state index >= 15 is 0 Å². The quantitative estimate of drug-likeness (QED) is 0.831. The average Bonchev–Trinajstić information content (AvgIpc) is 2.73. The van der Waals surface area contributed by atoms with Gasteiger partial charge in [-0.15, -0.1) is 0 Å². The Balaban J connectivity index is 1.58. The van der Waals surface area contributed by atoms with Crippen molar-refractivity contribution < 1.29 is 23.9 Å². The summed E-state index contributed by atoms with van der Waals surface area (Å²) in [6, 6.07) is 13.4. The first-order chi connectivity index (χ1) is 13.1. The Hall–Kier alpha value is -2.73. The molecule has 2 aromatic carbocycles. The fraction of sp³-hybridized carbons (Fsp3) is 0.381. The maximum absolute atomic E-state index is 12.7. The second kappa shape index (κ2) is 8.77. The number of amides is 1. The van der Waals surface area contributed by atoms with Crippen LogP contribution in [-0.4, -0.2) is 58.3 Å². The third kappa shape index (κ3) is 4.52. The van der Waals surface area contributed by atoms with Gasteiger partial charge in [0.15, 0.2) is 11.5 Å². The molecule has 1 fully saturated rings. The van der Waals surface area contributed by atoms with Crippen LogP contribution >= 0.6 is 0 Å². The van der Waals surface area contributed by atoms with Crippen molar-refractivity contribution in [2.45, 2.75) is 6.54 Å². The summed E-state index contributed by atoms with van der Waals surface area (Å²) in [5.41, 5.74) is 1.88. The van der Waals surface area contributed by atoms with Crippen LogP contribution in [0.5, 0.6) is 17.2 Å². The van der Waals surface area contributed by atoms with Crippen LogP contribution < -0.4 is 19.1 Å². The molecule has 27 heavy (non-hydrogen) atoms. The first-order valence-electron chi connectivity index (χ1n) is 9.12. The monoisotopic (exact) mass is 371 g/mol. The van der Waals surface area contributed by atoms with Gasteiger partial charge in [-0.05, 0) is 36.4 Å². The van der Waals surface area contributed by atoms with Crippen LogP contribution in [0, 0.1) is 0 Å². The second-order valence-electron chi connectivity index (χ2n) is 6.64. The van der Waals surface area contributed by atoms with Crippen LogP contribution in [0.1, 0.15) is 15.9 Å². The van der Waals surface area contributed by atoms with Crippen molar-refractivity contribution in [1.82, 2.24) is 4.90 Å². The Bertz CT molecular complexity index is 786. The summed E-state index contributed by atoms with van der Waals surface area (Å²) < 4.78 is 15.9. The van der Waals surface area contributed by atoms with E-state index in [2.05, 4.69) is 6.07 Å². The van der Waals surface area contributed by atoms with E-state index in [0.717, 1.165) is 44.2 Å². The number of nitrogens with one attached hydrogen (secondary N) is 1. The lowest BCUT2D eigenvalue weighted by Gasteiger charge is -2.32. The summed E-state index contributed by atoms with van der Waals surface area (Å²) in [6.07, 6.45) is 0. The molecule has 1 amide bonds.